The van der Waals surface area contributed by atoms with Gasteiger partial charge in [-0.1, -0.05) is 112 Å². The summed E-state index contributed by atoms with van der Waals surface area (Å²) in [7, 11) is -3.28. The van der Waals surface area contributed by atoms with E-state index in [0.29, 0.717) is 23.3 Å². The maximum absolute atomic E-state index is 2.96. The second-order valence-electron chi connectivity index (χ2n) is 17.1. The van der Waals surface area contributed by atoms with Crippen molar-refractivity contribution >= 4 is 27.1 Å². The van der Waals surface area contributed by atoms with Crippen molar-refractivity contribution in [3.63, 3.8) is 0 Å². The summed E-state index contributed by atoms with van der Waals surface area (Å²) in [4.78, 5) is 0. The van der Waals surface area contributed by atoms with Crippen LogP contribution in [0.1, 0.15) is 84.4 Å². The first-order chi connectivity index (χ1) is 18.3. The van der Waals surface area contributed by atoms with Crippen molar-refractivity contribution in [1.82, 2.24) is 4.57 Å². The predicted molar refractivity (Wildman–Crippen MR) is 182 cm³/mol. The lowest BCUT2D eigenvalue weighted by atomic mass is 9.73. The van der Waals surface area contributed by atoms with E-state index >= 15 is 0 Å². The Bertz CT molecular complexity index is 1330. The van der Waals surface area contributed by atoms with Gasteiger partial charge in [0.05, 0.1) is 8.07 Å². The number of hydrogen-bond acceptors (Lipinski definition) is 1. The van der Waals surface area contributed by atoms with Crippen molar-refractivity contribution in [2.24, 2.45) is 11.8 Å². The van der Waals surface area contributed by atoms with E-state index in [-0.39, 0.29) is 16.5 Å². The Morgan fingerprint density at radius 2 is 1.38 bits per heavy atom. The molecule has 4 unspecified atom stereocenters. The Morgan fingerprint density at radius 3 is 1.93 bits per heavy atom. The molecule has 0 N–H and O–H groups in total. The van der Waals surface area contributed by atoms with E-state index in [1.807, 2.05) is 0 Å². The van der Waals surface area contributed by atoms with Gasteiger partial charge < -0.3 is 4.57 Å². The van der Waals surface area contributed by atoms with Crippen molar-refractivity contribution < 1.29 is 0 Å². The smallest absolute Gasteiger partial charge is 0.127 e. The summed E-state index contributed by atoms with van der Waals surface area (Å²) >= 11 is 0. The van der Waals surface area contributed by atoms with Crippen LogP contribution in [0.25, 0.3) is 5.57 Å². The molecule has 0 aromatic heterocycles. The van der Waals surface area contributed by atoms with E-state index in [9.17, 15) is 0 Å². The van der Waals surface area contributed by atoms with E-state index in [1.54, 1.807) is 21.9 Å². The van der Waals surface area contributed by atoms with Crippen molar-refractivity contribution in [1.29, 1.82) is 0 Å². The lowest BCUT2D eigenvalue weighted by molar-refractivity contribution is 0.122. The van der Waals surface area contributed by atoms with Crippen LogP contribution < -0.4 is 5.19 Å². The van der Waals surface area contributed by atoms with Crippen LogP contribution in [-0.4, -0.2) is 32.0 Å². The lowest BCUT2D eigenvalue weighted by Gasteiger charge is -2.57. The molecule has 0 spiro atoms. The molecule has 5 rings (SSSR count). The second-order valence-corrected chi connectivity index (χ2v) is 26.7. The van der Waals surface area contributed by atoms with Gasteiger partial charge in [-0.3, -0.25) is 0 Å². The third-order valence-electron chi connectivity index (χ3n) is 10.5. The summed E-state index contributed by atoms with van der Waals surface area (Å²) in [6.45, 7) is 32.4. The topological polar surface area (TPSA) is 3.24 Å². The highest BCUT2D eigenvalue weighted by atomic mass is 28.3. The monoisotopic (exact) mass is 569 g/mol. The Balaban J connectivity index is 1.68. The standard InChI is InChI=1S/C37H55NSi2/c1-35(2,3)38(36(4,5)6)40(12,13)34-24-28(25-17-15-14-16-18-25)29-23-33-30(22-31(29)34)27-20-19-26(39(9,10)11)21-32(27)37(33,7)8/h14-23,28-29,31,34H,24H2,1-13H3. The molecule has 3 heteroatoms. The molecule has 0 bridgehead atoms. The summed E-state index contributed by atoms with van der Waals surface area (Å²) in [6.07, 6.45) is 6.85. The first-order valence-corrected chi connectivity index (χ1v) is 22.2. The minimum atomic E-state index is -1.89. The largest absolute Gasteiger partial charge is 0.314 e. The molecule has 3 aliphatic carbocycles. The molecule has 2 aromatic rings. The normalized spacial score (nSPS) is 26.2. The molecule has 1 nitrogen and oxygen atoms in total. The van der Waals surface area contributed by atoms with Gasteiger partial charge in [-0.2, -0.15) is 0 Å². The minimum absolute atomic E-state index is 0.0525. The highest BCUT2D eigenvalue weighted by Crippen LogP contribution is 2.63. The lowest BCUT2D eigenvalue weighted by Crippen LogP contribution is -2.67. The van der Waals surface area contributed by atoms with E-state index in [2.05, 4.69) is 153 Å². The molecule has 0 heterocycles. The summed E-state index contributed by atoms with van der Waals surface area (Å²) in [6, 6.07) is 19.0. The van der Waals surface area contributed by atoms with Gasteiger partial charge in [0.25, 0.3) is 0 Å². The van der Waals surface area contributed by atoms with Crippen LogP contribution in [0, 0.1) is 11.8 Å². The molecule has 0 amide bonds. The molecule has 4 atom stereocenters. The van der Waals surface area contributed by atoms with Crippen LogP contribution in [0.2, 0.25) is 38.3 Å². The zero-order valence-corrected chi connectivity index (χ0v) is 29.7. The van der Waals surface area contributed by atoms with Crippen LogP contribution in [0.4, 0.5) is 0 Å². The summed E-state index contributed by atoms with van der Waals surface area (Å²) in [5.74, 6) is 1.72. The molecule has 216 valence electrons. The van der Waals surface area contributed by atoms with Gasteiger partial charge in [-0.15, -0.1) is 0 Å². The number of allylic oxidation sites excluding steroid dienone is 4. The molecule has 0 saturated heterocycles. The van der Waals surface area contributed by atoms with Gasteiger partial charge in [0.1, 0.15) is 8.24 Å². The molecule has 3 aliphatic rings. The molecule has 1 fully saturated rings. The molecule has 0 aliphatic heterocycles. The fourth-order valence-electron chi connectivity index (χ4n) is 9.55. The first-order valence-electron chi connectivity index (χ1n) is 15.7. The molecular weight excluding hydrogens is 515 g/mol. The number of rotatable bonds is 4. The van der Waals surface area contributed by atoms with Crippen LogP contribution in [0.15, 0.2) is 66.3 Å². The second kappa shape index (κ2) is 9.41. The average Bonchev–Trinajstić information content (AvgIpc) is 3.29. The van der Waals surface area contributed by atoms with Crippen molar-refractivity contribution in [3.05, 3.63) is 82.9 Å². The van der Waals surface area contributed by atoms with Gasteiger partial charge in [0.15, 0.2) is 0 Å². The summed E-state index contributed by atoms with van der Waals surface area (Å²) < 4.78 is 2.96. The highest BCUT2D eigenvalue weighted by Gasteiger charge is 2.57. The maximum atomic E-state index is 2.96. The van der Waals surface area contributed by atoms with Crippen molar-refractivity contribution in [2.45, 2.75) is 122 Å². The van der Waals surface area contributed by atoms with Gasteiger partial charge >= 0.3 is 0 Å². The number of fused-ring (bicyclic) bond motifs is 4. The quantitative estimate of drug-likeness (QED) is 0.331. The van der Waals surface area contributed by atoms with E-state index in [4.69, 9.17) is 0 Å². The van der Waals surface area contributed by atoms with Gasteiger partial charge in [-0.25, -0.2) is 0 Å². The molecule has 2 aromatic carbocycles. The zero-order valence-electron chi connectivity index (χ0n) is 27.7. The minimum Gasteiger partial charge on any atom is -0.314 e. The third kappa shape index (κ3) is 4.78. The molecular formula is C37H55NSi2. The number of nitrogens with zero attached hydrogens (tertiary/aromatic N) is 1. The first kappa shape index (κ1) is 29.8. The summed E-state index contributed by atoms with van der Waals surface area (Å²) in [5.41, 5.74) is 8.73. The Labute approximate surface area is 248 Å². The highest BCUT2D eigenvalue weighted by molar-refractivity contribution is 6.88. The average molecular weight is 570 g/mol. The Hall–Kier alpha value is -1.69. The number of benzene rings is 2. The number of hydrogen-bond donors (Lipinski definition) is 0. The van der Waals surface area contributed by atoms with Crippen LogP contribution >= 0.6 is 0 Å². The van der Waals surface area contributed by atoms with Gasteiger partial charge in [0, 0.05) is 16.5 Å². The summed E-state index contributed by atoms with van der Waals surface area (Å²) in [5, 5.41) is 1.58. The van der Waals surface area contributed by atoms with E-state index < -0.39 is 16.3 Å². The van der Waals surface area contributed by atoms with Crippen molar-refractivity contribution in [3.8, 4) is 0 Å². The fourth-order valence-corrected chi connectivity index (χ4v) is 16.6. The van der Waals surface area contributed by atoms with Crippen LogP contribution in [0.3, 0.4) is 0 Å². The molecule has 0 radical (unpaired) electrons. The maximum Gasteiger partial charge on any atom is 0.127 e. The van der Waals surface area contributed by atoms with E-state index in [0.717, 1.165) is 0 Å². The van der Waals surface area contributed by atoms with Gasteiger partial charge in [0.2, 0.25) is 0 Å². The SMILES string of the molecule is CC1(C)C2=CC3C(c4ccccc4)CC([Si](C)(C)N(C(C)(C)C)C(C)(C)C)C3C=C2c2ccc([Si](C)(C)C)cc21. The molecule has 40 heavy (non-hydrogen) atoms. The van der Waals surface area contributed by atoms with Crippen molar-refractivity contribution in [2.75, 3.05) is 0 Å². The molecule has 1 saturated carbocycles. The van der Waals surface area contributed by atoms with E-state index in [1.165, 1.54) is 17.5 Å². The van der Waals surface area contributed by atoms with Crippen LogP contribution in [-0.2, 0) is 5.41 Å². The fraction of sp³-hybridized carbons (Fsp3) is 0.568. The zero-order chi connectivity index (χ0) is 29.6. The third-order valence-corrected chi connectivity index (χ3v) is 17.4. The van der Waals surface area contributed by atoms with Gasteiger partial charge in [-0.05, 0) is 99.1 Å². The predicted octanol–water partition coefficient (Wildman–Crippen LogP) is 9.74. The Kier molecular flexibility index (Phi) is 7.01. The Morgan fingerprint density at radius 1 is 0.775 bits per heavy atom. The van der Waals surface area contributed by atoms with Crippen LogP contribution in [0.5, 0.6) is 0 Å².